The van der Waals surface area contributed by atoms with Gasteiger partial charge in [-0.3, -0.25) is 0 Å². The minimum absolute atomic E-state index is 0.0281. The minimum atomic E-state index is -0.161. The van der Waals surface area contributed by atoms with Gasteiger partial charge in [-0.05, 0) is 35.4 Å². The lowest BCUT2D eigenvalue weighted by Gasteiger charge is -2.37. The van der Waals surface area contributed by atoms with Crippen LogP contribution < -0.4 is 9.80 Å². The number of benzene rings is 2. The summed E-state index contributed by atoms with van der Waals surface area (Å²) in [6.07, 6.45) is 2.31. The van der Waals surface area contributed by atoms with Crippen LogP contribution in [0.15, 0.2) is 54.6 Å². The van der Waals surface area contributed by atoms with Gasteiger partial charge in [0.15, 0.2) is 6.04 Å². The predicted molar refractivity (Wildman–Crippen MR) is 114 cm³/mol. The largest absolute Gasteiger partial charge is 0.376 e. The Labute approximate surface area is 181 Å². The van der Waals surface area contributed by atoms with E-state index in [0.29, 0.717) is 12.2 Å². The molecule has 8 heteroatoms. The number of rotatable bonds is 6. The van der Waals surface area contributed by atoms with Gasteiger partial charge in [-0.25, -0.2) is 9.07 Å². The third-order valence-electron chi connectivity index (χ3n) is 6.36. The number of halogens is 1. The zero-order valence-corrected chi connectivity index (χ0v) is 17.5. The Morgan fingerprint density at radius 1 is 1.06 bits per heavy atom. The molecule has 5 rings (SSSR count). The molecular formula is C23H28FN6O+. The molecule has 3 heterocycles. The van der Waals surface area contributed by atoms with Crippen LogP contribution in [0.5, 0.6) is 0 Å². The fourth-order valence-corrected chi connectivity index (χ4v) is 4.77. The molecule has 2 fully saturated rings. The normalized spacial score (nSPS) is 20.8. The van der Waals surface area contributed by atoms with E-state index in [1.807, 2.05) is 22.9 Å². The minimum Gasteiger partial charge on any atom is -0.376 e. The van der Waals surface area contributed by atoms with E-state index in [2.05, 4.69) is 44.7 Å². The number of para-hydroxylation sites is 1. The fraction of sp³-hybridized carbons (Fsp3) is 0.435. The summed E-state index contributed by atoms with van der Waals surface area (Å²) in [5, 5.41) is 12.8. The lowest BCUT2D eigenvalue weighted by molar-refractivity contribution is -0.927. The summed E-state index contributed by atoms with van der Waals surface area (Å²) in [4.78, 5) is 3.53. The van der Waals surface area contributed by atoms with E-state index >= 15 is 0 Å². The van der Waals surface area contributed by atoms with Crippen LogP contribution in [-0.2, 0) is 11.3 Å². The molecular weight excluding hydrogens is 395 g/mol. The maximum atomic E-state index is 14.3. The Bertz CT molecular complexity index is 982. The molecule has 2 atom stereocenters. The lowest BCUT2D eigenvalue weighted by Crippen LogP contribution is -3.15. The molecule has 0 aliphatic carbocycles. The van der Waals surface area contributed by atoms with E-state index in [4.69, 9.17) is 4.74 Å². The van der Waals surface area contributed by atoms with E-state index < -0.39 is 0 Å². The Balaban J connectivity index is 1.39. The van der Waals surface area contributed by atoms with Crippen molar-refractivity contribution < 1.29 is 14.0 Å². The number of hydrogen-bond acceptors (Lipinski definition) is 5. The number of anilines is 1. The maximum absolute atomic E-state index is 14.3. The Morgan fingerprint density at radius 2 is 1.84 bits per heavy atom. The summed E-state index contributed by atoms with van der Waals surface area (Å²) in [7, 11) is 0. The Hall–Kier alpha value is -2.84. The Kier molecular flexibility index (Phi) is 5.90. The molecule has 1 aromatic heterocycles. The van der Waals surface area contributed by atoms with Crippen LogP contribution in [0.4, 0.5) is 10.1 Å². The summed E-state index contributed by atoms with van der Waals surface area (Å²) in [6.45, 7) is 4.81. The van der Waals surface area contributed by atoms with E-state index in [-0.39, 0.29) is 18.0 Å². The van der Waals surface area contributed by atoms with Crippen LogP contribution in [0.3, 0.4) is 0 Å². The molecule has 0 spiro atoms. The smallest absolute Gasteiger partial charge is 0.214 e. The van der Waals surface area contributed by atoms with Crippen LogP contribution in [0.25, 0.3) is 0 Å². The van der Waals surface area contributed by atoms with Crippen LogP contribution in [0.2, 0.25) is 0 Å². The number of nitrogens with one attached hydrogen (secondary N) is 1. The van der Waals surface area contributed by atoms with Crippen LogP contribution >= 0.6 is 0 Å². The zero-order valence-electron chi connectivity index (χ0n) is 17.5. The second-order valence-electron chi connectivity index (χ2n) is 8.29. The molecule has 1 N–H and O–H groups in total. The van der Waals surface area contributed by atoms with E-state index in [1.165, 1.54) is 16.5 Å². The van der Waals surface area contributed by atoms with Crippen molar-refractivity contribution in [3.05, 3.63) is 71.8 Å². The van der Waals surface area contributed by atoms with Gasteiger partial charge in [0.25, 0.3) is 0 Å². The number of tetrazole rings is 1. The average Bonchev–Trinajstić information content (AvgIpc) is 3.49. The van der Waals surface area contributed by atoms with Crippen molar-refractivity contribution in [2.75, 3.05) is 37.7 Å². The molecule has 0 unspecified atom stereocenters. The third-order valence-corrected chi connectivity index (χ3v) is 6.36. The maximum Gasteiger partial charge on any atom is 0.214 e. The number of quaternary nitrogens is 1. The van der Waals surface area contributed by atoms with Crippen molar-refractivity contribution in [2.45, 2.75) is 31.5 Å². The summed E-state index contributed by atoms with van der Waals surface area (Å²) in [6, 6.07) is 17.5. The predicted octanol–water partition coefficient (Wildman–Crippen LogP) is 1.49. The van der Waals surface area contributed by atoms with Crippen molar-refractivity contribution in [1.29, 1.82) is 0 Å². The van der Waals surface area contributed by atoms with Crippen molar-refractivity contribution in [2.24, 2.45) is 0 Å². The second-order valence-corrected chi connectivity index (χ2v) is 8.29. The average molecular weight is 424 g/mol. The van der Waals surface area contributed by atoms with E-state index in [1.54, 1.807) is 6.07 Å². The second kappa shape index (κ2) is 9.11. The van der Waals surface area contributed by atoms with Gasteiger partial charge < -0.3 is 14.5 Å². The fourth-order valence-electron chi connectivity index (χ4n) is 4.77. The molecule has 0 saturated carbocycles. The first-order chi connectivity index (χ1) is 15.3. The monoisotopic (exact) mass is 423 g/mol. The quantitative estimate of drug-likeness (QED) is 0.651. The summed E-state index contributed by atoms with van der Waals surface area (Å²) in [5.74, 6) is 0.710. The molecule has 3 aromatic rings. The number of ether oxygens (including phenoxy) is 1. The molecule has 2 saturated heterocycles. The molecule has 31 heavy (non-hydrogen) atoms. The highest BCUT2D eigenvalue weighted by molar-refractivity contribution is 5.47. The molecule has 2 aliphatic rings. The van der Waals surface area contributed by atoms with Crippen LogP contribution in [-0.4, -0.2) is 59.1 Å². The highest BCUT2D eigenvalue weighted by atomic mass is 19.1. The number of nitrogens with zero attached hydrogens (tertiary/aromatic N) is 5. The van der Waals surface area contributed by atoms with E-state index in [0.717, 1.165) is 51.5 Å². The van der Waals surface area contributed by atoms with Crippen molar-refractivity contribution in [3.8, 4) is 0 Å². The third kappa shape index (κ3) is 4.31. The first-order valence-corrected chi connectivity index (χ1v) is 11.1. The van der Waals surface area contributed by atoms with E-state index in [9.17, 15) is 4.39 Å². The molecule has 162 valence electrons. The van der Waals surface area contributed by atoms with Crippen LogP contribution in [0, 0.1) is 5.82 Å². The number of piperazine rings is 1. The van der Waals surface area contributed by atoms with Gasteiger partial charge in [0, 0.05) is 12.2 Å². The van der Waals surface area contributed by atoms with Gasteiger partial charge >= 0.3 is 0 Å². The topological polar surface area (TPSA) is 60.5 Å². The molecule has 2 aliphatic heterocycles. The van der Waals surface area contributed by atoms with Gasteiger partial charge in [-0.2, -0.15) is 0 Å². The molecule has 7 nitrogen and oxygen atoms in total. The Morgan fingerprint density at radius 3 is 2.58 bits per heavy atom. The molecule has 2 aromatic carbocycles. The summed E-state index contributed by atoms with van der Waals surface area (Å²) < 4.78 is 22.0. The van der Waals surface area contributed by atoms with Crippen molar-refractivity contribution >= 4 is 5.69 Å². The van der Waals surface area contributed by atoms with Crippen molar-refractivity contribution in [1.82, 2.24) is 20.2 Å². The zero-order chi connectivity index (χ0) is 21.0. The van der Waals surface area contributed by atoms with Gasteiger partial charge in [-0.15, -0.1) is 5.10 Å². The molecule has 0 amide bonds. The van der Waals surface area contributed by atoms with Gasteiger partial charge in [0.05, 0.1) is 44.5 Å². The number of hydrogen-bond donors (Lipinski definition) is 1. The van der Waals surface area contributed by atoms with Crippen LogP contribution in [0.1, 0.15) is 30.3 Å². The highest BCUT2D eigenvalue weighted by Crippen LogP contribution is 2.22. The number of aromatic nitrogens is 4. The highest BCUT2D eigenvalue weighted by Gasteiger charge is 2.35. The molecule has 0 bridgehead atoms. The first-order valence-electron chi connectivity index (χ1n) is 11.1. The summed E-state index contributed by atoms with van der Waals surface area (Å²) in [5.41, 5.74) is 1.88. The molecule has 0 radical (unpaired) electrons. The van der Waals surface area contributed by atoms with Crippen molar-refractivity contribution in [3.63, 3.8) is 0 Å². The van der Waals surface area contributed by atoms with Gasteiger partial charge in [0.2, 0.25) is 5.82 Å². The SMILES string of the molecule is Fc1ccccc1N1CC[NH+]([C@H](c2ccccc2)c2nnnn2C[C@H]2CCCO2)CC1. The first kappa shape index (κ1) is 20.1. The summed E-state index contributed by atoms with van der Waals surface area (Å²) >= 11 is 0. The lowest BCUT2D eigenvalue weighted by atomic mass is 10.0. The van der Waals surface area contributed by atoms with Gasteiger partial charge in [-0.1, -0.05) is 42.5 Å². The standard InChI is InChI=1S/C23H27FN6O/c24-20-10-4-5-11-21(20)28-12-14-29(15-13-28)22(18-7-2-1-3-8-18)23-25-26-27-30(23)17-19-9-6-16-31-19/h1-5,7-8,10-11,19,22H,6,9,12-17H2/p+1/t19-,22-/m1/s1. The van der Waals surface area contributed by atoms with Gasteiger partial charge in [0.1, 0.15) is 5.82 Å².